The van der Waals surface area contributed by atoms with Gasteiger partial charge in [0.05, 0.1) is 11.4 Å². The standard InChI is InChI=1S/C21H15NO3S/c23-18-7-3-4-14(11-18)12-19-20(24)22(21(25)26-19)13-15-8-9-16-5-1-2-6-17(16)10-15/h1-12,23H,13H2/b19-12-. The summed E-state index contributed by atoms with van der Waals surface area (Å²) in [5.74, 6) is -0.189. The lowest BCUT2D eigenvalue weighted by atomic mass is 10.1. The predicted octanol–water partition coefficient (Wildman–Crippen LogP) is 4.78. The van der Waals surface area contributed by atoms with Gasteiger partial charge in [-0.05, 0) is 57.9 Å². The van der Waals surface area contributed by atoms with Crippen LogP contribution in [0, 0.1) is 0 Å². The maximum absolute atomic E-state index is 12.6. The number of amides is 2. The van der Waals surface area contributed by atoms with Crippen LogP contribution in [0.3, 0.4) is 0 Å². The van der Waals surface area contributed by atoms with Crippen molar-refractivity contribution in [3.63, 3.8) is 0 Å². The number of fused-ring (bicyclic) bond motifs is 1. The van der Waals surface area contributed by atoms with E-state index in [9.17, 15) is 14.7 Å². The molecule has 4 nitrogen and oxygen atoms in total. The number of benzene rings is 3. The number of thioether (sulfide) groups is 1. The van der Waals surface area contributed by atoms with Gasteiger partial charge in [-0.1, -0.05) is 48.5 Å². The third-order valence-corrected chi connectivity index (χ3v) is 5.10. The van der Waals surface area contributed by atoms with Crippen LogP contribution in [0.25, 0.3) is 16.8 Å². The number of hydrogen-bond acceptors (Lipinski definition) is 4. The summed E-state index contributed by atoms with van der Waals surface area (Å²) < 4.78 is 0. The Morgan fingerprint density at radius 1 is 0.923 bits per heavy atom. The summed E-state index contributed by atoms with van der Waals surface area (Å²) in [5, 5.41) is 11.5. The molecule has 1 saturated heterocycles. The van der Waals surface area contributed by atoms with Gasteiger partial charge in [-0.25, -0.2) is 0 Å². The minimum Gasteiger partial charge on any atom is -0.508 e. The fraction of sp³-hybridized carbons (Fsp3) is 0.0476. The molecule has 2 amide bonds. The van der Waals surface area contributed by atoms with Crippen molar-refractivity contribution in [2.75, 3.05) is 0 Å². The maximum atomic E-state index is 12.6. The lowest BCUT2D eigenvalue weighted by Gasteiger charge is -2.13. The van der Waals surface area contributed by atoms with Gasteiger partial charge in [0.2, 0.25) is 0 Å². The van der Waals surface area contributed by atoms with Gasteiger partial charge in [0.25, 0.3) is 11.1 Å². The van der Waals surface area contributed by atoms with E-state index in [0.717, 1.165) is 28.1 Å². The highest BCUT2D eigenvalue weighted by Crippen LogP contribution is 2.34. The molecule has 0 bridgehead atoms. The number of rotatable bonds is 3. The summed E-state index contributed by atoms with van der Waals surface area (Å²) in [4.78, 5) is 26.5. The Hall–Kier alpha value is -3.05. The Balaban J connectivity index is 1.58. The second-order valence-electron chi connectivity index (χ2n) is 6.04. The highest BCUT2D eigenvalue weighted by Gasteiger charge is 2.34. The quantitative estimate of drug-likeness (QED) is 0.682. The number of carbonyl (C=O) groups is 2. The van der Waals surface area contributed by atoms with Crippen LogP contribution in [0.1, 0.15) is 11.1 Å². The van der Waals surface area contributed by atoms with Crippen molar-refractivity contribution < 1.29 is 14.7 Å². The summed E-state index contributed by atoms with van der Waals surface area (Å²) in [7, 11) is 0. The molecular formula is C21H15NO3S. The molecule has 128 valence electrons. The van der Waals surface area contributed by atoms with Gasteiger partial charge in [0, 0.05) is 0 Å². The Morgan fingerprint density at radius 3 is 2.54 bits per heavy atom. The number of carbonyl (C=O) groups excluding carboxylic acids is 2. The number of phenolic OH excluding ortho intramolecular Hbond substituents is 1. The average molecular weight is 361 g/mol. The first-order valence-electron chi connectivity index (χ1n) is 8.12. The third-order valence-electron chi connectivity index (χ3n) is 4.20. The topological polar surface area (TPSA) is 57.6 Å². The molecule has 1 fully saturated rings. The lowest BCUT2D eigenvalue weighted by Crippen LogP contribution is -2.27. The zero-order chi connectivity index (χ0) is 18.1. The van der Waals surface area contributed by atoms with Crippen LogP contribution < -0.4 is 0 Å². The summed E-state index contributed by atoms with van der Waals surface area (Å²) >= 11 is 0.922. The Kier molecular flexibility index (Phi) is 4.22. The van der Waals surface area contributed by atoms with Crippen molar-refractivity contribution in [1.82, 2.24) is 4.90 Å². The van der Waals surface area contributed by atoms with Gasteiger partial charge in [-0.3, -0.25) is 14.5 Å². The van der Waals surface area contributed by atoms with E-state index in [1.165, 1.54) is 4.90 Å². The largest absolute Gasteiger partial charge is 0.508 e. The molecule has 1 N–H and O–H groups in total. The molecule has 3 aromatic carbocycles. The lowest BCUT2D eigenvalue weighted by molar-refractivity contribution is -0.123. The fourth-order valence-corrected chi connectivity index (χ4v) is 3.76. The molecule has 1 aliphatic rings. The van der Waals surface area contributed by atoms with E-state index in [1.54, 1.807) is 30.3 Å². The molecule has 5 heteroatoms. The van der Waals surface area contributed by atoms with Gasteiger partial charge in [0.1, 0.15) is 5.75 Å². The van der Waals surface area contributed by atoms with E-state index in [1.807, 2.05) is 42.5 Å². The summed E-state index contributed by atoms with van der Waals surface area (Å²) in [6, 6.07) is 20.5. The van der Waals surface area contributed by atoms with Crippen LogP contribution in [0.4, 0.5) is 4.79 Å². The zero-order valence-electron chi connectivity index (χ0n) is 13.8. The fourth-order valence-electron chi connectivity index (χ4n) is 2.92. The van der Waals surface area contributed by atoms with Crippen molar-refractivity contribution in [2.45, 2.75) is 6.54 Å². The van der Waals surface area contributed by atoms with E-state index in [4.69, 9.17) is 0 Å². The first-order valence-corrected chi connectivity index (χ1v) is 8.94. The Labute approximate surface area is 154 Å². The average Bonchev–Trinajstić information content (AvgIpc) is 2.89. The van der Waals surface area contributed by atoms with Crippen molar-refractivity contribution >= 4 is 39.8 Å². The van der Waals surface area contributed by atoms with Crippen molar-refractivity contribution in [3.8, 4) is 5.75 Å². The molecule has 26 heavy (non-hydrogen) atoms. The molecule has 0 spiro atoms. The SMILES string of the molecule is O=C1S/C(=C\c2cccc(O)c2)C(=O)N1Cc1ccc2ccccc2c1. The molecule has 0 aromatic heterocycles. The first-order chi connectivity index (χ1) is 12.6. The van der Waals surface area contributed by atoms with E-state index in [-0.39, 0.29) is 23.4 Å². The molecule has 4 rings (SSSR count). The summed E-state index contributed by atoms with van der Waals surface area (Å²) in [5.41, 5.74) is 1.59. The normalized spacial score (nSPS) is 16.0. The van der Waals surface area contributed by atoms with E-state index < -0.39 is 0 Å². The molecule has 0 atom stereocenters. The predicted molar refractivity (Wildman–Crippen MR) is 104 cm³/mol. The molecule has 1 heterocycles. The zero-order valence-corrected chi connectivity index (χ0v) is 14.6. The molecule has 0 aliphatic carbocycles. The number of phenols is 1. The van der Waals surface area contributed by atoms with Crippen LogP contribution in [0.5, 0.6) is 5.75 Å². The van der Waals surface area contributed by atoms with Crippen LogP contribution in [-0.4, -0.2) is 21.2 Å². The first kappa shape index (κ1) is 16.4. The van der Waals surface area contributed by atoms with Crippen LogP contribution in [0.15, 0.2) is 71.6 Å². The molecular weight excluding hydrogens is 346 g/mol. The van der Waals surface area contributed by atoms with Crippen molar-refractivity contribution in [1.29, 1.82) is 0 Å². The van der Waals surface area contributed by atoms with E-state index >= 15 is 0 Å². The van der Waals surface area contributed by atoms with Crippen LogP contribution in [0.2, 0.25) is 0 Å². The Bertz CT molecular complexity index is 1060. The van der Waals surface area contributed by atoms with Crippen molar-refractivity contribution in [2.24, 2.45) is 0 Å². The highest BCUT2D eigenvalue weighted by atomic mass is 32.2. The van der Waals surface area contributed by atoms with Crippen LogP contribution >= 0.6 is 11.8 Å². The van der Waals surface area contributed by atoms with E-state index in [2.05, 4.69) is 0 Å². The van der Waals surface area contributed by atoms with Gasteiger partial charge in [-0.2, -0.15) is 0 Å². The second kappa shape index (κ2) is 6.69. The maximum Gasteiger partial charge on any atom is 0.293 e. The monoisotopic (exact) mass is 361 g/mol. The number of aromatic hydroxyl groups is 1. The minimum atomic E-state index is -0.309. The Morgan fingerprint density at radius 2 is 1.73 bits per heavy atom. The minimum absolute atomic E-state index is 0.120. The molecule has 1 aliphatic heterocycles. The van der Waals surface area contributed by atoms with Gasteiger partial charge in [0.15, 0.2) is 0 Å². The smallest absolute Gasteiger partial charge is 0.293 e. The molecule has 0 unspecified atom stereocenters. The molecule has 0 radical (unpaired) electrons. The second-order valence-corrected chi connectivity index (χ2v) is 7.04. The van der Waals surface area contributed by atoms with E-state index in [0.29, 0.717) is 10.5 Å². The number of imide groups is 1. The van der Waals surface area contributed by atoms with Gasteiger partial charge in [-0.15, -0.1) is 0 Å². The summed E-state index contributed by atoms with van der Waals surface area (Å²) in [6.07, 6.45) is 1.63. The van der Waals surface area contributed by atoms with Crippen LogP contribution in [-0.2, 0) is 11.3 Å². The van der Waals surface area contributed by atoms with Gasteiger partial charge < -0.3 is 5.11 Å². The van der Waals surface area contributed by atoms with Crippen molar-refractivity contribution in [3.05, 3.63) is 82.8 Å². The number of hydrogen-bond donors (Lipinski definition) is 1. The molecule has 3 aromatic rings. The third kappa shape index (κ3) is 3.21. The molecule has 0 saturated carbocycles. The van der Waals surface area contributed by atoms with Gasteiger partial charge >= 0.3 is 0 Å². The summed E-state index contributed by atoms with van der Waals surface area (Å²) in [6.45, 7) is 0.243. The highest BCUT2D eigenvalue weighted by molar-refractivity contribution is 8.18. The number of nitrogens with zero attached hydrogens (tertiary/aromatic N) is 1.